The van der Waals surface area contributed by atoms with Gasteiger partial charge in [-0.1, -0.05) is 18.7 Å². The monoisotopic (exact) mass is 153 g/mol. The predicted molar refractivity (Wildman–Crippen MR) is 43.9 cm³/mol. The molecule has 0 atom stereocenters. The zero-order chi connectivity index (χ0) is 8.85. The third-order valence-electron chi connectivity index (χ3n) is 0.916. The molecule has 0 aliphatic rings. The van der Waals surface area contributed by atoms with Crippen molar-refractivity contribution >= 4 is 6.41 Å². The van der Waals surface area contributed by atoms with Crippen molar-refractivity contribution in [3.63, 3.8) is 0 Å². The maximum absolute atomic E-state index is 9.97. The van der Waals surface area contributed by atoms with Gasteiger partial charge in [0, 0.05) is 0 Å². The Kier molecular flexibility index (Phi) is 3.73. The third kappa shape index (κ3) is 3.97. The number of allylic oxidation sites excluding steroid dienone is 2. The van der Waals surface area contributed by atoms with Crippen LogP contribution in [0.15, 0.2) is 36.3 Å². The Morgan fingerprint density at radius 3 is 2.36 bits per heavy atom. The third-order valence-corrected chi connectivity index (χ3v) is 0.916. The molecule has 3 nitrogen and oxygen atoms in total. The minimum absolute atomic E-state index is 0.180. The summed E-state index contributed by atoms with van der Waals surface area (Å²) in [7, 11) is 0. The Balaban J connectivity index is 4.44. The Hall–Kier alpha value is -1.51. The zero-order valence-corrected chi connectivity index (χ0v) is 6.42. The molecule has 60 valence electrons. The minimum atomic E-state index is -0.180. The molecule has 0 spiro atoms. The van der Waals surface area contributed by atoms with Gasteiger partial charge in [0.2, 0.25) is 6.41 Å². The van der Waals surface area contributed by atoms with Crippen LogP contribution in [-0.4, -0.2) is 11.5 Å². The number of aliphatic hydroxyl groups excluding tert-OH is 1. The molecule has 3 heteroatoms. The van der Waals surface area contributed by atoms with E-state index in [1.165, 1.54) is 6.08 Å². The van der Waals surface area contributed by atoms with Crippen molar-refractivity contribution < 1.29 is 9.90 Å². The number of amides is 1. The van der Waals surface area contributed by atoms with Gasteiger partial charge in [-0.15, -0.1) is 0 Å². The van der Waals surface area contributed by atoms with E-state index in [9.17, 15) is 4.79 Å². The summed E-state index contributed by atoms with van der Waals surface area (Å²) in [5.41, 5.74) is 0.997. The maximum Gasteiger partial charge on any atom is 0.211 e. The van der Waals surface area contributed by atoms with Crippen LogP contribution >= 0.6 is 0 Å². The van der Waals surface area contributed by atoms with E-state index in [0.29, 0.717) is 6.41 Å². The summed E-state index contributed by atoms with van der Waals surface area (Å²) in [6.45, 7) is 8.57. The van der Waals surface area contributed by atoms with Crippen LogP contribution in [0.4, 0.5) is 0 Å². The van der Waals surface area contributed by atoms with Crippen molar-refractivity contribution in [1.82, 2.24) is 5.32 Å². The second-order valence-electron chi connectivity index (χ2n) is 2.11. The first-order valence-corrected chi connectivity index (χ1v) is 3.03. The Morgan fingerprint density at radius 2 is 2.09 bits per heavy atom. The molecule has 0 radical (unpaired) electrons. The lowest BCUT2D eigenvalue weighted by Gasteiger charge is -2.02. The maximum atomic E-state index is 9.97. The molecule has 0 aliphatic carbocycles. The number of carbonyl (C=O) groups excluding carboxylic acids is 1. The number of hydrogen-bond acceptors (Lipinski definition) is 2. The van der Waals surface area contributed by atoms with E-state index in [1.54, 1.807) is 6.92 Å². The van der Waals surface area contributed by atoms with Gasteiger partial charge >= 0.3 is 0 Å². The van der Waals surface area contributed by atoms with E-state index in [0.717, 1.165) is 5.57 Å². The molecule has 0 unspecified atom stereocenters. The van der Waals surface area contributed by atoms with Gasteiger partial charge in [-0.25, -0.2) is 0 Å². The second kappa shape index (κ2) is 4.33. The fourth-order valence-electron chi connectivity index (χ4n) is 0.518. The SMILES string of the molecule is C=C(C)/C=C(/NC=O)C(=C)O. The van der Waals surface area contributed by atoms with Crippen LogP contribution in [0, 0.1) is 0 Å². The first-order valence-electron chi connectivity index (χ1n) is 3.03. The number of aliphatic hydroxyl groups is 1. The van der Waals surface area contributed by atoms with Gasteiger partial charge in [0.15, 0.2) is 0 Å². The molecule has 11 heavy (non-hydrogen) atoms. The summed E-state index contributed by atoms with van der Waals surface area (Å²) >= 11 is 0. The van der Waals surface area contributed by atoms with E-state index in [-0.39, 0.29) is 11.5 Å². The number of nitrogens with one attached hydrogen (secondary N) is 1. The van der Waals surface area contributed by atoms with Gasteiger partial charge in [0.1, 0.15) is 5.76 Å². The molecule has 1 amide bonds. The molecule has 0 aromatic rings. The minimum Gasteiger partial charge on any atom is -0.506 e. The van der Waals surface area contributed by atoms with Gasteiger partial charge in [0.05, 0.1) is 5.70 Å². The first-order chi connectivity index (χ1) is 5.07. The molecule has 0 saturated carbocycles. The average Bonchev–Trinajstić information content (AvgIpc) is 1.86. The average molecular weight is 153 g/mol. The van der Waals surface area contributed by atoms with Gasteiger partial charge < -0.3 is 10.4 Å². The lowest BCUT2D eigenvalue weighted by atomic mass is 10.2. The molecular weight excluding hydrogens is 142 g/mol. The molecule has 0 aromatic carbocycles. The van der Waals surface area contributed by atoms with Crippen molar-refractivity contribution in [2.75, 3.05) is 0 Å². The summed E-state index contributed by atoms with van der Waals surface area (Å²) in [4.78, 5) is 9.97. The Labute approximate surface area is 65.7 Å². The Bertz CT molecular complexity index is 216. The van der Waals surface area contributed by atoms with Crippen LogP contribution in [0.1, 0.15) is 6.92 Å². The smallest absolute Gasteiger partial charge is 0.211 e. The van der Waals surface area contributed by atoms with E-state index in [2.05, 4.69) is 18.5 Å². The van der Waals surface area contributed by atoms with Gasteiger partial charge in [-0.05, 0) is 13.0 Å². The van der Waals surface area contributed by atoms with Gasteiger partial charge in [-0.3, -0.25) is 4.79 Å². The number of hydrogen-bond donors (Lipinski definition) is 2. The lowest BCUT2D eigenvalue weighted by Crippen LogP contribution is -2.11. The van der Waals surface area contributed by atoms with E-state index < -0.39 is 0 Å². The quantitative estimate of drug-likeness (QED) is 0.363. The van der Waals surface area contributed by atoms with Crippen molar-refractivity contribution in [2.24, 2.45) is 0 Å². The summed E-state index contributed by atoms with van der Waals surface area (Å²) in [6, 6.07) is 0. The van der Waals surface area contributed by atoms with Crippen LogP contribution in [0.25, 0.3) is 0 Å². The molecule has 2 N–H and O–H groups in total. The second-order valence-corrected chi connectivity index (χ2v) is 2.11. The van der Waals surface area contributed by atoms with Crippen LogP contribution in [0.2, 0.25) is 0 Å². The predicted octanol–water partition coefficient (Wildman–Crippen LogP) is 1.26. The normalized spacial score (nSPS) is 10.5. The van der Waals surface area contributed by atoms with E-state index in [1.807, 2.05) is 0 Å². The van der Waals surface area contributed by atoms with Gasteiger partial charge in [0.25, 0.3) is 0 Å². The molecule has 0 heterocycles. The summed E-state index contributed by atoms with van der Waals surface area (Å²) < 4.78 is 0. The van der Waals surface area contributed by atoms with E-state index >= 15 is 0 Å². The molecule has 0 saturated heterocycles. The highest BCUT2D eigenvalue weighted by Crippen LogP contribution is 2.02. The fraction of sp³-hybridized carbons (Fsp3) is 0.125. The molecular formula is C8H11NO2. The van der Waals surface area contributed by atoms with Crippen LogP contribution in [-0.2, 0) is 4.79 Å². The highest BCUT2D eigenvalue weighted by atomic mass is 16.3. The van der Waals surface area contributed by atoms with Gasteiger partial charge in [-0.2, -0.15) is 0 Å². The largest absolute Gasteiger partial charge is 0.506 e. The van der Waals surface area contributed by atoms with Crippen LogP contribution in [0.5, 0.6) is 0 Å². The Morgan fingerprint density at radius 1 is 1.55 bits per heavy atom. The standard InChI is InChI=1S/C8H11NO2/c1-6(2)4-8(7(3)11)9-5-10/h4-5,11H,1,3H2,2H3,(H,9,10)/b8-4+. The molecule has 0 aliphatic heterocycles. The van der Waals surface area contributed by atoms with Crippen molar-refractivity contribution in [2.45, 2.75) is 6.92 Å². The first kappa shape index (κ1) is 9.49. The zero-order valence-electron chi connectivity index (χ0n) is 6.42. The van der Waals surface area contributed by atoms with Crippen molar-refractivity contribution in [1.29, 1.82) is 0 Å². The lowest BCUT2D eigenvalue weighted by molar-refractivity contribution is -0.108. The van der Waals surface area contributed by atoms with Crippen molar-refractivity contribution in [3.8, 4) is 0 Å². The van der Waals surface area contributed by atoms with E-state index in [4.69, 9.17) is 5.11 Å². The van der Waals surface area contributed by atoms with Crippen LogP contribution in [0.3, 0.4) is 0 Å². The fourth-order valence-corrected chi connectivity index (χ4v) is 0.518. The number of rotatable bonds is 4. The summed E-state index contributed by atoms with van der Waals surface area (Å²) in [5, 5.41) is 11.2. The van der Waals surface area contributed by atoms with Crippen molar-refractivity contribution in [3.05, 3.63) is 36.3 Å². The topological polar surface area (TPSA) is 49.3 Å². The number of carbonyl (C=O) groups is 1. The molecule has 0 bridgehead atoms. The molecule has 0 rings (SSSR count). The summed E-state index contributed by atoms with van der Waals surface area (Å²) in [5.74, 6) is -0.180. The molecule has 0 fully saturated rings. The molecule has 0 aromatic heterocycles. The van der Waals surface area contributed by atoms with Crippen LogP contribution < -0.4 is 5.32 Å². The highest BCUT2D eigenvalue weighted by molar-refractivity contribution is 5.53. The summed E-state index contributed by atoms with van der Waals surface area (Å²) in [6.07, 6.45) is 1.99. The highest BCUT2D eigenvalue weighted by Gasteiger charge is 1.97.